The van der Waals surface area contributed by atoms with Crippen LogP contribution in [0.15, 0.2) is 24.4 Å². The molecule has 1 heterocycles. The number of hydrogen-bond donors (Lipinski definition) is 1. The summed E-state index contributed by atoms with van der Waals surface area (Å²) in [4.78, 5) is 3.68. The molecule has 0 saturated carbocycles. The van der Waals surface area contributed by atoms with E-state index in [1.807, 2.05) is 0 Å². The monoisotopic (exact) mass is 302 g/mol. The van der Waals surface area contributed by atoms with E-state index in [1.54, 1.807) is 0 Å². The summed E-state index contributed by atoms with van der Waals surface area (Å²) >= 11 is 0. The molecule has 0 bridgehead atoms. The van der Waals surface area contributed by atoms with Crippen molar-refractivity contribution in [3.8, 4) is 0 Å². The molecule has 2 atom stereocenters. The van der Waals surface area contributed by atoms with Gasteiger partial charge in [0.1, 0.15) is 6.10 Å². The lowest BCUT2D eigenvalue weighted by Gasteiger charge is -2.29. The number of alkyl halides is 6. The highest BCUT2D eigenvalue weighted by Gasteiger charge is 2.59. The molecule has 0 aromatic carbocycles. The molecule has 0 radical (unpaired) electrons. The Bertz CT molecular complexity index is 403. The van der Waals surface area contributed by atoms with Crippen LogP contribution in [0.25, 0.3) is 0 Å². The van der Waals surface area contributed by atoms with E-state index in [1.165, 1.54) is 31.3 Å². The summed E-state index contributed by atoms with van der Waals surface area (Å²) in [6, 6.07) is 3.03. The van der Waals surface area contributed by atoms with Gasteiger partial charge in [-0.1, -0.05) is 6.07 Å². The van der Waals surface area contributed by atoms with E-state index < -0.39 is 30.6 Å². The highest BCUT2D eigenvalue weighted by atomic mass is 19.4. The van der Waals surface area contributed by atoms with Crippen molar-refractivity contribution in [2.45, 2.75) is 37.5 Å². The Morgan fingerprint density at radius 2 is 1.65 bits per heavy atom. The van der Waals surface area contributed by atoms with Crippen molar-refractivity contribution in [3.05, 3.63) is 30.1 Å². The molecule has 0 aliphatic carbocycles. The van der Waals surface area contributed by atoms with Crippen molar-refractivity contribution < 1.29 is 31.1 Å². The fourth-order valence-electron chi connectivity index (χ4n) is 1.49. The van der Waals surface area contributed by atoms with Gasteiger partial charge in [0.25, 0.3) is 0 Å². The summed E-state index contributed by atoms with van der Waals surface area (Å²) in [6.07, 6.45) is -15.5. The van der Waals surface area contributed by atoms with Crippen molar-refractivity contribution in [1.29, 1.82) is 0 Å². The number of nitrogens with two attached hydrogens (primary N) is 1. The first-order chi connectivity index (χ1) is 9.03. The lowest BCUT2D eigenvalue weighted by Crippen LogP contribution is -2.47. The van der Waals surface area contributed by atoms with E-state index >= 15 is 0 Å². The summed E-state index contributed by atoms with van der Waals surface area (Å²) < 4.78 is 78.9. The van der Waals surface area contributed by atoms with Gasteiger partial charge in [0, 0.05) is 12.2 Å². The van der Waals surface area contributed by atoms with Gasteiger partial charge >= 0.3 is 12.4 Å². The van der Waals surface area contributed by atoms with Gasteiger partial charge in [-0.15, -0.1) is 0 Å². The van der Waals surface area contributed by atoms with Gasteiger partial charge in [0.2, 0.25) is 6.10 Å². The van der Waals surface area contributed by atoms with Gasteiger partial charge in [0.15, 0.2) is 0 Å². The Hall–Kier alpha value is -1.35. The van der Waals surface area contributed by atoms with Crippen LogP contribution < -0.4 is 5.73 Å². The van der Waals surface area contributed by atoms with Crippen LogP contribution >= 0.6 is 0 Å². The van der Waals surface area contributed by atoms with Crippen LogP contribution in [0.2, 0.25) is 0 Å². The quantitative estimate of drug-likeness (QED) is 0.870. The number of pyridine rings is 1. The molecular weight excluding hydrogens is 290 g/mol. The zero-order chi connectivity index (χ0) is 15.6. The Morgan fingerprint density at radius 3 is 2.00 bits per heavy atom. The molecule has 1 aromatic heterocycles. The second kappa shape index (κ2) is 5.96. The number of aromatic nitrogens is 1. The molecule has 3 nitrogen and oxygen atoms in total. The first-order valence-electron chi connectivity index (χ1n) is 5.49. The minimum Gasteiger partial charge on any atom is -0.349 e. The van der Waals surface area contributed by atoms with E-state index in [-0.39, 0.29) is 5.69 Å². The van der Waals surface area contributed by atoms with Crippen molar-refractivity contribution in [1.82, 2.24) is 4.98 Å². The Kier molecular flexibility index (Phi) is 4.98. The van der Waals surface area contributed by atoms with Gasteiger partial charge < -0.3 is 10.5 Å². The zero-order valence-electron chi connectivity index (χ0n) is 10.2. The molecule has 20 heavy (non-hydrogen) atoms. The minimum atomic E-state index is -5.58. The van der Waals surface area contributed by atoms with Crippen molar-refractivity contribution in [3.63, 3.8) is 0 Å². The number of rotatable bonds is 4. The molecule has 114 valence electrons. The van der Waals surface area contributed by atoms with E-state index in [9.17, 15) is 26.3 Å². The van der Waals surface area contributed by atoms with Crippen LogP contribution in [0.5, 0.6) is 0 Å². The summed E-state index contributed by atoms with van der Waals surface area (Å²) in [5, 5.41) is 0. The van der Waals surface area contributed by atoms with Crippen LogP contribution in [0, 0.1) is 0 Å². The predicted molar refractivity (Wildman–Crippen MR) is 57.6 cm³/mol. The molecule has 0 aliphatic rings. The van der Waals surface area contributed by atoms with Crippen LogP contribution in [-0.4, -0.2) is 29.5 Å². The number of halogens is 6. The maximum absolute atomic E-state index is 12.4. The minimum absolute atomic E-state index is 0.0963. The maximum atomic E-state index is 12.4. The SMILES string of the molecule is CC(N)C(OC(C(F)(F)F)C(F)(F)F)c1ccccn1. The third-order valence-electron chi connectivity index (χ3n) is 2.33. The van der Waals surface area contributed by atoms with Crippen LogP contribution in [-0.2, 0) is 4.74 Å². The summed E-state index contributed by atoms with van der Waals surface area (Å²) in [5.41, 5.74) is 5.31. The van der Waals surface area contributed by atoms with E-state index in [0.29, 0.717) is 0 Å². The first kappa shape index (κ1) is 16.7. The second-order valence-electron chi connectivity index (χ2n) is 4.13. The largest absolute Gasteiger partial charge is 0.423 e. The molecule has 0 spiro atoms. The number of hydrogen-bond acceptors (Lipinski definition) is 3. The molecule has 0 aliphatic heterocycles. The van der Waals surface area contributed by atoms with Crippen molar-refractivity contribution in [2.24, 2.45) is 5.73 Å². The second-order valence-corrected chi connectivity index (χ2v) is 4.13. The smallest absolute Gasteiger partial charge is 0.349 e. The van der Waals surface area contributed by atoms with Gasteiger partial charge in [-0.05, 0) is 19.1 Å². The highest BCUT2D eigenvalue weighted by Crippen LogP contribution is 2.38. The van der Waals surface area contributed by atoms with Gasteiger partial charge in [0.05, 0.1) is 5.69 Å². The normalized spacial score (nSPS) is 16.2. The van der Waals surface area contributed by atoms with Crippen LogP contribution in [0.3, 0.4) is 0 Å². The van der Waals surface area contributed by atoms with Crippen molar-refractivity contribution in [2.75, 3.05) is 0 Å². The number of ether oxygens (including phenoxy) is 1. The molecule has 0 fully saturated rings. The molecule has 2 N–H and O–H groups in total. The Morgan fingerprint density at radius 1 is 1.10 bits per heavy atom. The highest BCUT2D eigenvalue weighted by molar-refractivity contribution is 5.09. The molecule has 9 heteroatoms. The summed E-state index contributed by atoms with van der Waals surface area (Å²) in [7, 11) is 0. The van der Waals surface area contributed by atoms with Crippen LogP contribution in [0.4, 0.5) is 26.3 Å². The van der Waals surface area contributed by atoms with Crippen LogP contribution in [0.1, 0.15) is 18.7 Å². The molecule has 1 rings (SSSR count). The molecule has 0 saturated heterocycles. The molecule has 2 unspecified atom stereocenters. The van der Waals surface area contributed by atoms with E-state index in [4.69, 9.17) is 5.73 Å². The predicted octanol–water partition coefficient (Wildman–Crippen LogP) is 2.98. The average molecular weight is 302 g/mol. The lowest BCUT2D eigenvalue weighted by molar-refractivity contribution is -0.333. The lowest BCUT2D eigenvalue weighted by atomic mass is 10.1. The summed E-state index contributed by atoms with van der Waals surface area (Å²) in [5.74, 6) is 0. The van der Waals surface area contributed by atoms with E-state index in [0.717, 1.165) is 0 Å². The molecule has 0 amide bonds. The van der Waals surface area contributed by atoms with Gasteiger partial charge in [-0.25, -0.2) is 0 Å². The average Bonchev–Trinajstić information content (AvgIpc) is 2.26. The Labute approximate surface area is 110 Å². The van der Waals surface area contributed by atoms with Crippen molar-refractivity contribution >= 4 is 0 Å². The summed E-state index contributed by atoms with van der Waals surface area (Å²) in [6.45, 7) is 1.24. The fourth-order valence-corrected chi connectivity index (χ4v) is 1.49. The Balaban J connectivity index is 3.05. The maximum Gasteiger partial charge on any atom is 0.423 e. The standard InChI is InChI=1S/C11H12F6N2O/c1-6(18)8(7-4-2-3-5-19-7)20-9(10(12,13)14)11(15,16)17/h2-6,8-9H,18H2,1H3. The van der Waals surface area contributed by atoms with E-state index in [2.05, 4.69) is 9.72 Å². The molecular formula is C11H12F6N2O. The fraction of sp³-hybridized carbons (Fsp3) is 0.545. The van der Waals surface area contributed by atoms with Gasteiger partial charge in [-0.3, -0.25) is 4.98 Å². The first-order valence-corrected chi connectivity index (χ1v) is 5.49. The molecule has 1 aromatic rings. The third kappa shape index (κ3) is 4.34. The van der Waals surface area contributed by atoms with Gasteiger partial charge in [-0.2, -0.15) is 26.3 Å². The number of nitrogens with zero attached hydrogens (tertiary/aromatic N) is 1. The third-order valence-corrected chi connectivity index (χ3v) is 2.33. The topological polar surface area (TPSA) is 48.1 Å². The zero-order valence-corrected chi connectivity index (χ0v) is 10.2.